The van der Waals surface area contributed by atoms with Crippen LogP contribution in [0.2, 0.25) is 0 Å². The van der Waals surface area contributed by atoms with Gasteiger partial charge in [-0.1, -0.05) is 26.8 Å². The zero-order valence-corrected chi connectivity index (χ0v) is 19.3. The highest BCUT2D eigenvalue weighted by molar-refractivity contribution is 14.0. The van der Waals surface area contributed by atoms with E-state index in [1.54, 1.807) is 0 Å². The van der Waals surface area contributed by atoms with E-state index in [-0.39, 0.29) is 36.0 Å². The van der Waals surface area contributed by atoms with Crippen molar-refractivity contribution >= 4 is 41.3 Å². The van der Waals surface area contributed by atoms with E-state index in [1.165, 1.54) is 4.88 Å². The van der Waals surface area contributed by atoms with Crippen LogP contribution in [0.1, 0.15) is 51.8 Å². The first kappa shape index (κ1) is 24.7. The van der Waals surface area contributed by atoms with Gasteiger partial charge in [0.15, 0.2) is 5.96 Å². The van der Waals surface area contributed by atoms with E-state index in [9.17, 15) is 5.11 Å². The summed E-state index contributed by atoms with van der Waals surface area (Å²) < 4.78 is 0. The number of aliphatic hydroxyl groups excluding tert-OH is 1. The van der Waals surface area contributed by atoms with Gasteiger partial charge < -0.3 is 15.7 Å². The normalized spacial score (nSPS) is 13.2. The second kappa shape index (κ2) is 13.8. The fraction of sp³-hybridized carbons (Fsp3) is 0.737. The molecule has 1 aromatic rings. The fourth-order valence-electron chi connectivity index (χ4n) is 2.85. The first-order valence-electron chi connectivity index (χ1n) is 9.24. The van der Waals surface area contributed by atoms with Crippen LogP contribution in [0.3, 0.4) is 0 Å². The molecule has 6 heteroatoms. The molecule has 3 N–H and O–H groups in total. The maximum absolute atomic E-state index is 9.35. The number of guanidine groups is 1. The van der Waals surface area contributed by atoms with Gasteiger partial charge in [-0.15, -0.1) is 35.3 Å². The van der Waals surface area contributed by atoms with Crippen LogP contribution >= 0.6 is 35.3 Å². The Kier molecular flexibility index (Phi) is 13.6. The molecule has 0 amide bonds. The summed E-state index contributed by atoms with van der Waals surface area (Å²) in [5, 5.41) is 18.3. The number of halogens is 1. The van der Waals surface area contributed by atoms with Crippen LogP contribution in [0.25, 0.3) is 0 Å². The summed E-state index contributed by atoms with van der Waals surface area (Å²) in [5.74, 6) is 1.45. The molecule has 0 aliphatic rings. The molecular weight excluding hydrogens is 445 g/mol. The lowest BCUT2D eigenvalue weighted by Gasteiger charge is -2.29. The predicted molar refractivity (Wildman–Crippen MR) is 121 cm³/mol. The van der Waals surface area contributed by atoms with E-state index in [4.69, 9.17) is 4.99 Å². The van der Waals surface area contributed by atoms with Gasteiger partial charge >= 0.3 is 0 Å². The smallest absolute Gasteiger partial charge is 0.191 e. The van der Waals surface area contributed by atoms with Gasteiger partial charge in [0.05, 0.1) is 0 Å². The Morgan fingerprint density at radius 3 is 2.52 bits per heavy atom. The van der Waals surface area contributed by atoms with Gasteiger partial charge in [0.2, 0.25) is 0 Å². The van der Waals surface area contributed by atoms with Crippen LogP contribution in [0, 0.1) is 11.3 Å². The molecule has 1 atom stereocenters. The molecular formula is C19H36IN3OS. The SMILES string of the molecule is CCNC(=NCC(CC)(CC)CCO)NCC(C)Cc1cccs1.I. The summed E-state index contributed by atoms with van der Waals surface area (Å²) in [7, 11) is 0. The lowest BCUT2D eigenvalue weighted by Crippen LogP contribution is -2.40. The van der Waals surface area contributed by atoms with E-state index in [2.05, 4.69) is 55.8 Å². The zero-order chi connectivity index (χ0) is 17.8. The molecule has 0 aliphatic carbocycles. The molecule has 4 nitrogen and oxygen atoms in total. The Morgan fingerprint density at radius 1 is 1.28 bits per heavy atom. The monoisotopic (exact) mass is 481 g/mol. The minimum absolute atomic E-state index is 0. The van der Waals surface area contributed by atoms with Gasteiger partial charge in [0.25, 0.3) is 0 Å². The third kappa shape index (κ3) is 9.24. The Labute approximate surface area is 174 Å². The molecule has 0 saturated carbocycles. The summed E-state index contributed by atoms with van der Waals surface area (Å²) in [6.45, 7) is 11.5. The van der Waals surface area contributed by atoms with Crippen LogP contribution in [0.5, 0.6) is 0 Å². The third-order valence-corrected chi connectivity index (χ3v) is 5.71. The number of rotatable bonds is 11. The van der Waals surface area contributed by atoms with E-state index in [1.807, 2.05) is 11.3 Å². The molecule has 0 bridgehead atoms. The van der Waals surface area contributed by atoms with Gasteiger partial charge in [-0.05, 0) is 55.4 Å². The molecule has 1 heterocycles. The molecule has 0 spiro atoms. The lowest BCUT2D eigenvalue weighted by atomic mass is 9.79. The highest BCUT2D eigenvalue weighted by Gasteiger charge is 2.25. The van der Waals surface area contributed by atoms with Crippen molar-refractivity contribution in [1.29, 1.82) is 0 Å². The van der Waals surface area contributed by atoms with Crippen molar-refractivity contribution in [2.45, 2.75) is 53.4 Å². The van der Waals surface area contributed by atoms with Gasteiger partial charge in [0, 0.05) is 31.1 Å². The molecule has 0 aliphatic heterocycles. The molecule has 1 aromatic heterocycles. The van der Waals surface area contributed by atoms with Gasteiger partial charge in [0.1, 0.15) is 0 Å². The van der Waals surface area contributed by atoms with Crippen LogP contribution in [-0.2, 0) is 6.42 Å². The number of aliphatic hydroxyl groups is 1. The van der Waals surface area contributed by atoms with Crippen molar-refractivity contribution < 1.29 is 5.11 Å². The maximum atomic E-state index is 9.35. The number of nitrogens with zero attached hydrogens (tertiary/aromatic N) is 1. The van der Waals surface area contributed by atoms with Crippen LogP contribution < -0.4 is 10.6 Å². The van der Waals surface area contributed by atoms with Crippen LogP contribution in [-0.4, -0.2) is 37.3 Å². The Bertz CT molecular complexity index is 461. The quantitative estimate of drug-likeness (QED) is 0.251. The van der Waals surface area contributed by atoms with Crippen molar-refractivity contribution in [2.24, 2.45) is 16.3 Å². The van der Waals surface area contributed by atoms with Gasteiger partial charge in [-0.2, -0.15) is 0 Å². The minimum Gasteiger partial charge on any atom is -0.396 e. The molecule has 0 fully saturated rings. The second-order valence-corrected chi connectivity index (χ2v) is 7.68. The molecule has 0 aromatic carbocycles. The summed E-state index contributed by atoms with van der Waals surface area (Å²) in [6, 6.07) is 4.31. The Hall–Kier alpha value is -0.340. The number of nitrogens with one attached hydrogen (secondary N) is 2. The van der Waals surface area contributed by atoms with Crippen molar-refractivity contribution in [3.63, 3.8) is 0 Å². The fourth-order valence-corrected chi connectivity index (χ4v) is 3.72. The first-order valence-corrected chi connectivity index (χ1v) is 10.1. The van der Waals surface area contributed by atoms with E-state index < -0.39 is 0 Å². The van der Waals surface area contributed by atoms with Crippen LogP contribution in [0.15, 0.2) is 22.5 Å². The highest BCUT2D eigenvalue weighted by Crippen LogP contribution is 2.30. The Morgan fingerprint density at radius 2 is 2.00 bits per heavy atom. The van der Waals surface area contributed by atoms with E-state index >= 15 is 0 Å². The largest absolute Gasteiger partial charge is 0.396 e. The molecule has 1 unspecified atom stereocenters. The number of aliphatic imine (C=N–C) groups is 1. The van der Waals surface area contributed by atoms with E-state index in [0.29, 0.717) is 5.92 Å². The molecule has 25 heavy (non-hydrogen) atoms. The molecule has 146 valence electrons. The second-order valence-electron chi connectivity index (χ2n) is 6.65. The number of hydrogen-bond donors (Lipinski definition) is 3. The molecule has 0 radical (unpaired) electrons. The summed E-state index contributed by atoms with van der Waals surface area (Å²) in [4.78, 5) is 6.24. The minimum atomic E-state index is 0. The Balaban J connectivity index is 0.00000576. The summed E-state index contributed by atoms with van der Waals surface area (Å²) in [5.41, 5.74) is 0.111. The van der Waals surface area contributed by atoms with Crippen molar-refractivity contribution in [1.82, 2.24) is 10.6 Å². The van der Waals surface area contributed by atoms with Crippen molar-refractivity contribution in [3.8, 4) is 0 Å². The van der Waals surface area contributed by atoms with Gasteiger partial charge in [-0.25, -0.2) is 0 Å². The number of thiophene rings is 1. The predicted octanol–water partition coefficient (Wildman–Crippen LogP) is 4.29. The van der Waals surface area contributed by atoms with Crippen molar-refractivity contribution in [3.05, 3.63) is 22.4 Å². The standard InChI is InChI=1S/C19H35N3OS.HI/c1-5-19(6-2,10-11-23)15-22-18(20-7-3)21-14-16(4)13-17-9-8-12-24-17;/h8-9,12,16,23H,5-7,10-11,13-15H2,1-4H3,(H2,20,21,22);1H. The van der Waals surface area contributed by atoms with Crippen LogP contribution in [0.4, 0.5) is 0 Å². The average Bonchev–Trinajstić information content (AvgIpc) is 3.09. The molecule has 0 saturated heterocycles. The lowest BCUT2D eigenvalue weighted by molar-refractivity contribution is 0.175. The van der Waals surface area contributed by atoms with Gasteiger partial charge in [-0.3, -0.25) is 4.99 Å². The zero-order valence-electron chi connectivity index (χ0n) is 16.2. The summed E-state index contributed by atoms with van der Waals surface area (Å²) >= 11 is 1.82. The number of hydrogen-bond acceptors (Lipinski definition) is 3. The molecule has 1 rings (SSSR count). The highest BCUT2D eigenvalue weighted by atomic mass is 127. The van der Waals surface area contributed by atoms with Crippen molar-refractivity contribution in [2.75, 3.05) is 26.2 Å². The van der Waals surface area contributed by atoms with E-state index in [0.717, 1.165) is 51.3 Å². The summed E-state index contributed by atoms with van der Waals surface area (Å²) in [6.07, 6.45) is 4.00. The third-order valence-electron chi connectivity index (χ3n) is 4.81. The first-order chi connectivity index (χ1) is 11.6. The maximum Gasteiger partial charge on any atom is 0.191 e. The topological polar surface area (TPSA) is 56.7 Å². The average molecular weight is 481 g/mol.